The van der Waals surface area contributed by atoms with Gasteiger partial charge in [-0.3, -0.25) is 4.79 Å². The molecular weight excluding hydrogens is 628 g/mol. The lowest BCUT2D eigenvalue weighted by Gasteiger charge is -2.32. The molecule has 0 bridgehead atoms. The van der Waals surface area contributed by atoms with Crippen LogP contribution in [0.2, 0.25) is 0 Å². The van der Waals surface area contributed by atoms with E-state index in [9.17, 15) is 9.90 Å². The normalized spacial score (nSPS) is 15.8. The van der Waals surface area contributed by atoms with Gasteiger partial charge in [0.05, 0.1) is 11.0 Å². The second-order valence-corrected chi connectivity index (χ2v) is 13.4. The molecule has 1 saturated heterocycles. The van der Waals surface area contributed by atoms with Crippen LogP contribution in [0.1, 0.15) is 54.1 Å². The molecule has 1 aliphatic heterocycles. The maximum absolute atomic E-state index is 13.5. The SMILES string of the molecule is CN1CCN(C(=O)c2ccc(-c3cccc(O)c3)c(COc3ccc(-c4nc5cc(-c6nn[nH]n6)ccc5n4C4CCCCC4)cc3)c2)CC1. The third-order valence-corrected chi connectivity index (χ3v) is 10.0. The Morgan fingerprint density at radius 1 is 0.880 bits per heavy atom. The van der Waals surface area contributed by atoms with E-state index in [1.54, 1.807) is 12.1 Å². The van der Waals surface area contributed by atoms with Crippen molar-refractivity contribution in [3.8, 4) is 45.4 Å². The lowest BCUT2D eigenvalue weighted by molar-refractivity contribution is 0.0664. The molecule has 4 aromatic carbocycles. The summed E-state index contributed by atoms with van der Waals surface area (Å²) in [6.07, 6.45) is 5.95. The fourth-order valence-corrected chi connectivity index (χ4v) is 7.29. The van der Waals surface area contributed by atoms with Crippen molar-refractivity contribution in [1.82, 2.24) is 40.0 Å². The largest absolute Gasteiger partial charge is 0.508 e. The molecule has 0 unspecified atom stereocenters. The van der Waals surface area contributed by atoms with Crippen molar-refractivity contribution >= 4 is 16.9 Å². The number of nitrogens with zero attached hydrogens (tertiary/aromatic N) is 7. The van der Waals surface area contributed by atoms with Gasteiger partial charge in [0.25, 0.3) is 5.91 Å². The van der Waals surface area contributed by atoms with Crippen LogP contribution in [-0.2, 0) is 6.61 Å². The summed E-state index contributed by atoms with van der Waals surface area (Å²) in [5, 5.41) is 24.8. The minimum absolute atomic E-state index is 0.0245. The number of fused-ring (bicyclic) bond motifs is 1. The molecule has 0 atom stereocenters. The minimum atomic E-state index is 0.0245. The first-order chi connectivity index (χ1) is 24.5. The average Bonchev–Trinajstić information content (AvgIpc) is 3.83. The molecule has 11 heteroatoms. The summed E-state index contributed by atoms with van der Waals surface area (Å²) in [5.41, 5.74) is 7.17. The highest BCUT2D eigenvalue weighted by Crippen LogP contribution is 2.37. The summed E-state index contributed by atoms with van der Waals surface area (Å²) < 4.78 is 8.80. The number of likely N-dealkylation sites (N-methyl/N-ethyl adjacent to an activating group) is 1. The van der Waals surface area contributed by atoms with E-state index in [0.29, 0.717) is 36.3 Å². The highest BCUT2D eigenvalue weighted by molar-refractivity contribution is 5.95. The van der Waals surface area contributed by atoms with Crippen molar-refractivity contribution in [2.75, 3.05) is 33.2 Å². The molecule has 2 aromatic heterocycles. The van der Waals surface area contributed by atoms with Gasteiger partial charge < -0.3 is 24.2 Å². The number of H-pyrrole nitrogens is 1. The van der Waals surface area contributed by atoms with E-state index < -0.39 is 0 Å². The molecule has 6 aromatic rings. The summed E-state index contributed by atoms with van der Waals surface area (Å²) in [6.45, 7) is 3.38. The zero-order valence-corrected chi connectivity index (χ0v) is 28.1. The number of aromatic nitrogens is 6. The number of aromatic hydroxyl groups is 1. The number of aromatic amines is 1. The Bertz CT molecular complexity index is 2110. The third-order valence-electron chi connectivity index (χ3n) is 10.0. The highest BCUT2D eigenvalue weighted by Gasteiger charge is 2.24. The summed E-state index contributed by atoms with van der Waals surface area (Å²) in [6, 6.07) is 27.6. The number of ether oxygens (including phenoxy) is 1. The molecule has 2 N–H and O–H groups in total. The average molecular weight is 669 g/mol. The van der Waals surface area contributed by atoms with Crippen molar-refractivity contribution < 1.29 is 14.6 Å². The molecular formula is C39H40N8O3. The van der Waals surface area contributed by atoms with Crippen molar-refractivity contribution in [2.45, 2.75) is 44.8 Å². The van der Waals surface area contributed by atoms with Gasteiger partial charge in [0.2, 0.25) is 5.82 Å². The van der Waals surface area contributed by atoms with Crippen LogP contribution in [0.3, 0.4) is 0 Å². The summed E-state index contributed by atoms with van der Waals surface area (Å²) in [5.74, 6) is 2.41. The number of imidazole rings is 1. The van der Waals surface area contributed by atoms with Crippen LogP contribution in [0.4, 0.5) is 0 Å². The summed E-state index contributed by atoms with van der Waals surface area (Å²) >= 11 is 0. The number of hydrogen-bond donors (Lipinski definition) is 2. The highest BCUT2D eigenvalue weighted by atomic mass is 16.5. The van der Waals surface area contributed by atoms with Crippen molar-refractivity contribution in [2.24, 2.45) is 0 Å². The number of carbonyl (C=O) groups is 1. The molecule has 0 radical (unpaired) electrons. The Kier molecular flexibility index (Phi) is 8.72. The molecule has 0 spiro atoms. The first kappa shape index (κ1) is 31.7. The number of amides is 1. The smallest absolute Gasteiger partial charge is 0.253 e. The summed E-state index contributed by atoms with van der Waals surface area (Å²) in [7, 11) is 2.08. The number of piperazine rings is 1. The molecule has 50 heavy (non-hydrogen) atoms. The second kappa shape index (κ2) is 13.8. The minimum Gasteiger partial charge on any atom is -0.508 e. The van der Waals surface area contributed by atoms with Crippen molar-refractivity contribution in [1.29, 1.82) is 0 Å². The standard InChI is InChI=1S/C39H40N8O3/c1-45-18-20-46(21-19-45)39(49)29-12-16-34(27-6-5-9-32(48)23-27)30(22-29)25-50-33-14-10-26(11-15-33)38-40-35-24-28(37-41-43-44-42-37)13-17-36(35)47(38)31-7-3-2-4-8-31/h5-6,9-17,22-24,31,48H,2-4,7-8,18-21,25H2,1H3,(H,41,42,43,44). The van der Waals surface area contributed by atoms with E-state index in [1.807, 2.05) is 59.5 Å². The van der Waals surface area contributed by atoms with Crippen LogP contribution in [-0.4, -0.2) is 84.2 Å². The number of hydrogen-bond acceptors (Lipinski definition) is 8. The number of nitrogens with one attached hydrogen (secondary N) is 1. The van der Waals surface area contributed by atoms with Crippen molar-refractivity contribution in [3.05, 3.63) is 96.1 Å². The van der Waals surface area contributed by atoms with Crippen LogP contribution in [0.15, 0.2) is 84.9 Å². The van der Waals surface area contributed by atoms with Gasteiger partial charge in [0.15, 0.2) is 0 Å². The zero-order chi connectivity index (χ0) is 34.0. The van der Waals surface area contributed by atoms with Crippen LogP contribution in [0, 0.1) is 0 Å². The number of carbonyl (C=O) groups excluding carboxylic acids is 1. The monoisotopic (exact) mass is 668 g/mol. The van der Waals surface area contributed by atoms with Gasteiger partial charge in [-0.05, 0) is 109 Å². The maximum atomic E-state index is 13.5. The molecule has 11 nitrogen and oxygen atoms in total. The molecule has 3 heterocycles. The van der Waals surface area contributed by atoms with Crippen LogP contribution in [0.25, 0.3) is 44.9 Å². The van der Waals surface area contributed by atoms with Crippen molar-refractivity contribution in [3.63, 3.8) is 0 Å². The Labute approximate surface area is 290 Å². The zero-order valence-electron chi connectivity index (χ0n) is 28.1. The lowest BCUT2D eigenvalue weighted by atomic mass is 9.94. The Hall–Kier alpha value is -5.55. The van der Waals surface area contributed by atoms with E-state index in [-0.39, 0.29) is 18.3 Å². The van der Waals surface area contributed by atoms with Gasteiger partial charge >= 0.3 is 0 Å². The lowest BCUT2D eigenvalue weighted by Crippen LogP contribution is -2.47. The van der Waals surface area contributed by atoms with Gasteiger partial charge in [-0.2, -0.15) is 5.21 Å². The second-order valence-electron chi connectivity index (χ2n) is 13.4. The van der Waals surface area contributed by atoms with E-state index >= 15 is 0 Å². The van der Waals surface area contributed by atoms with Crippen LogP contribution >= 0.6 is 0 Å². The number of benzene rings is 4. The Balaban J connectivity index is 1.08. The molecule has 1 amide bonds. The molecule has 8 rings (SSSR count). The van der Waals surface area contributed by atoms with Gasteiger partial charge in [-0.25, -0.2) is 4.98 Å². The third kappa shape index (κ3) is 6.44. The predicted molar refractivity (Wildman–Crippen MR) is 192 cm³/mol. The quantitative estimate of drug-likeness (QED) is 0.183. The molecule has 254 valence electrons. The van der Waals surface area contributed by atoms with Crippen LogP contribution in [0.5, 0.6) is 11.5 Å². The van der Waals surface area contributed by atoms with Gasteiger partial charge in [-0.15, -0.1) is 10.2 Å². The van der Waals surface area contributed by atoms with Gasteiger partial charge in [-0.1, -0.05) is 37.5 Å². The number of phenolic OH excluding ortho intramolecular Hbond substituents is 1. The Morgan fingerprint density at radius 3 is 2.44 bits per heavy atom. The van der Waals surface area contributed by atoms with E-state index in [4.69, 9.17) is 9.72 Å². The number of rotatable bonds is 8. The van der Waals surface area contributed by atoms with Crippen LogP contribution < -0.4 is 4.74 Å². The van der Waals surface area contributed by atoms with E-state index in [1.165, 1.54) is 19.3 Å². The molecule has 2 fully saturated rings. The maximum Gasteiger partial charge on any atom is 0.253 e. The first-order valence-electron chi connectivity index (χ1n) is 17.4. The molecule has 2 aliphatic rings. The van der Waals surface area contributed by atoms with E-state index in [2.05, 4.69) is 55.3 Å². The molecule has 1 saturated carbocycles. The van der Waals surface area contributed by atoms with Gasteiger partial charge in [0.1, 0.15) is 23.9 Å². The number of tetrazole rings is 1. The number of phenols is 1. The first-order valence-corrected chi connectivity index (χ1v) is 17.4. The topological polar surface area (TPSA) is 125 Å². The fraction of sp³-hybridized carbons (Fsp3) is 0.308. The van der Waals surface area contributed by atoms with E-state index in [0.717, 1.165) is 70.6 Å². The fourth-order valence-electron chi connectivity index (χ4n) is 7.29. The molecule has 1 aliphatic carbocycles. The van der Waals surface area contributed by atoms with Gasteiger partial charge in [0, 0.05) is 48.9 Å². The Morgan fingerprint density at radius 2 is 1.68 bits per heavy atom. The summed E-state index contributed by atoms with van der Waals surface area (Å²) in [4.78, 5) is 22.8. The predicted octanol–water partition coefficient (Wildman–Crippen LogP) is 6.73.